The minimum absolute atomic E-state index is 0.0485. The Bertz CT molecular complexity index is 925. The molecule has 144 valence electrons. The lowest BCUT2D eigenvalue weighted by molar-refractivity contribution is 0.102. The Morgan fingerprint density at radius 1 is 1.22 bits per heavy atom. The normalized spacial score (nSPS) is 16.9. The average molecular weight is 394 g/mol. The van der Waals surface area contributed by atoms with Gasteiger partial charge in [0, 0.05) is 18.3 Å². The van der Waals surface area contributed by atoms with Gasteiger partial charge in [0.1, 0.15) is 11.6 Å². The lowest BCUT2D eigenvalue weighted by Gasteiger charge is -2.14. The first kappa shape index (κ1) is 19.3. The Kier molecular flexibility index (Phi) is 5.73. The number of carbonyl (C=O) groups is 1. The largest absolute Gasteiger partial charge is 0.496 e. The van der Waals surface area contributed by atoms with Gasteiger partial charge in [0.25, 0.3) is 5.91 Å². The van der Waals surface area contributed by atoms with Crippen LogP contribution in [0.15, 0.2) is 47.4 Å². The van der Waals surface area contributed by atoms with E-state index in [0.717, 1.165) is 0 Å². The number of ether oxygens (including phenoxy) is 2. The highest BCUT2D eigenvalue weighted by molar-refractivity contribution is 7.89. The van der Waals surface area contributed by atoms with E-state index in [4.69, 9.17) is 9.47 Å². The van der Waals surface area contributed by atoms with Crippen molar-refractivity contribution >= 4 is 21.6 Å². The Labute approximate surface area is 156 Å². The van der Waals surface area contributed by atoms with Gasteiger partial charge in [-0.25, -0.2) is 17.5 Å². The van der Waals surface area contributed by atoms with Crippen LogP contribution in [0.2, 0.25) is 0 Å². The predicted molar refractivity (Wildman–Crippen MR) is 96.9 cm³/mol. The zero-order valence-electron chi connectivity index (χ0n) is 14.6. The standard InChI is InChI=1S/C18H19FN2O5S/c1-25-17-7-6-15(27(23,24)21-14-8-9-26-11-14)10-16(17)18(22)20-13-4-2-12(19)3-5-13/h2-7,10,14,21H,8-9,11H2,1H3,(H,20,22). The van der Waals surface area contributed by atoms with Gasteiger partial charge in [0.15, 0.2) is 0 Å². The van der Waals surface area contributed by atoms with Crippen LogP contribution in [0.5, 0.6) is 5.75 Å². The third-order valence-corrected chi connectivity index (χ3v) is 5.60. The van der Waals surface area contributed by atoms with Crippen LogP contribution in [-0.2, 0) is 14.8 Å². The maximum Gasteiger partial charge on any atom is 0.259 e. The molecule has 1 atom stereocenters. The minimum atomic E-state index is -3.82. The van der Waals surface area contributed by atoms with Crippen molar-refractivity contribution in [3.63, 3.8) is 0 Å². The maximum absolute atomic E-state index is 13.0. The van der Waals surface area contributed by atoms with Gasteiger partial charge in [-0.15, -0.1) is 0 Å². The highest BCUT2D eigenvalue weighted by atomic mass is 32.2. The number of rotatable bonds is 6. The van der Waals surface area contributed by atoms with Crippen molar-refractivity contribution in [2.24, 2.45) is 0 Å². The quantitative estimate of drug-likeness (QED) is 0.783. The van der Waals surface area contributed by atoms with Crippen LogP contribution in [0.4, 0.5) is 10.1 Å². The summed E-state index contributed by atoms with van der Waals surface area (Å²) in [6.45, 7) is 0.814. The first-order valence-electron chi connectivity index (χ1n) is 8.24. The summed E-state index contributed by atoms with van der Waals surface area (Å²) >= 11 is 0. The number of hydrogen-bond acceptors (Lipinski definition) is 5. The number of halogens is 1. The Morgan fingerprint density at radius 3 is 2.59 bits per heavy atom. The van der Waals surface area contributed by atoms with Gasteiger partial charge in [-0.05, 0) is 48.9 Å². The molecule has 0 radical (unpaired) electrons. The molecule has 1 heterocycles. The molecule has 1 unspecified atom stereocenters. The number of anilines is 1. The number of benzene rings is 2. The number of nitrogens with one attached hydrogen (secondary N) is 2. The first-order chi connectivity index (χ1) is 12.9. The number of sulfonamides is 1. The Hall–Kier alpha value is -2.49. The zero-order chi connectivity index (χ0) is 19.4. The molecule has 1 amide bonds. The summed E-state index contributed by atoms with van der Waals surface area (Å²) in [5.74, 6) is -0.780. The second kappa shape index (κ2) is 8.03. The summed E-state index contributed by atoms with van der Waals surface area (Å²) in [6, 6.07) is 8.96. The molecule has 1 aliphatic rings. The summed E-state index contributed by atoms with van der Waals surface area (Å²) in [4.78, 5) is 12.5. The first-order valence-corrected chi connectivity index (χ1v) is 9.72. The molecule has 1 saturated heterocycles. The second-order valence-corrected chi connectivity index (χ2v) is 7.72. The van der Waals surface area contributed by atoms with E-state index in [-0.39, 0.29) is 22.3 Å². The van der Waals surface area contributed by atoms with Crippen molar-refractivity contribution < 1.29 is 27.1 Å². The van der Waals surface area contributed by atoms with Crippen LogP contribution in [-0.4, -0.2) is 40.7 Å². The van der Waals surface area contributed by atoms with E-state index in [0.29, 0.717) is 25.3 Å². The molecule has 0 aliphatic carbocycles. The molecule has 1 fully saturated rings. The molecular weight excluding hydrogens is 375 g/mol. The van der Waals surface area contributed by atoms with Crippen molar-refractivity contribution in [1.29, 1.82) is 0 Å². The molecule has 27 heavy (non-hydrogen) atoms. The van der Waals surface area contributed by atoms with Gasteiger partial charge in [-0.2, -0.15) is 0 Å². The fourth-order valence-corrected chi connectivity index (χ4v) is 3.96. The molecule has 7 nitrogen and oxygen atoms in total. The van der Waals surface area contributed by atoms with Crippen molar-refractivity contribution in [3.8, 4) is 5.75 Å². The number of carbonyl (C=O) groups excluding carboxylic acids is 1. The minimum Gasteiger partial charge on any atom is -0.496 e. The Morgan fingerprint density at radius 2 is 1.96 bits per heavy atom. The summed E-state index contributed by atoms with van der Waals surface area (Å²) in [7, 11) is -2.44. The fourth-order valence-electron chi connectivity index (χ4n) is 2.68. The molecule has 2 aromatic rings. The third-order valence-electron chi connectivity index (χ3n) is 4.08. The van der Waals surface area contributed by atoms with E-state index < -0.39 is 21.7 Å². The van der Waals surface area contributed by atoms with Gasteiger partial charge < -0.3 is 14.8 Å². The van der Waals surface area contributed by atoms with Crippen LogP contribution in [0.25, 0.3) is 0 Å². The number of amides is 1. The SMILES string of the molecule is COc1ccc(S(=O)(=O)NC2CCOC2)cc1C(=O)Nc1ccc(F)cc1. The van der Waals surface area contributed by atoms with Gasteiger partial charge in [0.2, 0.25) is 10.0 Å². The molecule has 0 spiro atoms. The molecule has 0 bridgehead atoms. The fraction of sp³-hybridized carbons (Fsp3) is 0.278. The summed E-state index contributed by atoms with van der Waals surface area (Å²) < 4.78 is 51.1. The predicted octanol–water partition coefficient (Wildman–Crippen LogP) is 2.15. The van der Waals surface area contributed by atoms with Gasteiger partial charge in [-0.3, -0.25) is 4.79 Å². The highest BCUT2D eigenvalue weighted by Gasteiger charge is 2.25. The van der Waals surface area contributed by atoms with E-state index >= 15 is 0 Å². The van der Waals surface area contributed by atoms with Crippen molar-refractivity contribution in [2.45, 2.75) is 17.4 Å². The lowest BCUT2D eigenvalue weighted by atomic mass is 10.2. The topological polar surface area (TPSA) is 93.7 Å². The monoisotopic (exact) mass is 394 g/mol. The van der Waals surface area contributed by atoms with Crippen LogP contribution >= 0.6 is 0 Å². The van der Waals surface area contributed by atoms with Gasteiger partial charge >= 0.3 is 0 Å². The van der Waals surface area contributed by atoms with E-state index in [2.05, 4.69) is 10.0 Å². The van der Waals surface area contributed by atoms with Gasteiger partial charge in [-0.1, -0.05) is 0 Å². The summed E-state index contributed by atoms with van der Waals surface area (Å²) in [5, 5.41) is 2.59. The van der Waals surface area contributed by atoms with E-state index in [1.165, 1.54) is 49.6 Å². The molecule has 2 N–H and O–H groups in total. The van der Waals surface area contributed by atoms with Crippen molar-refractivity contribution in [2.75, 3.05) is 25.6 Å². The number of methoxy groups -OCH3 is 1. The molecule has 1 aliphatic heterocycles. The summed E-state index contributed by atoms with van der Waals surface area (Å²) in [5.41, 5.74) is 0.422. The highest BCUT2D eigenvalue weighted by Crippen LogP contribution is 2.24. The van der Waals surface area contributed by atoms with E-state index in [1.807, 2.05) is 0 Å². The number of hydrogen-bond donors (Lipinski definition) is 2. The van der Waals surface area contributed by atoms with Crippen LogP contribution in [0, 0.1) is 5.82 Å². The smallest absolute Gasteiger partial charge is 0.259 e. The van der Waals surface area contributed by atoms with Crippen LogP contribution in [0.3, 0.4) is 0 Å². The summed E-state index contributed by atoms with van der Waals surface area (Å²) in [6.07, 6.45) is 0.591. The maximum atomic E-state index is 13.0. The van der Waals surface area contributed by atoms with Crippen LogP contribution in [0.1, 0.15) is 16.8 Å². The molecular formula is C18H19FN2O5S. The molecule has 2 aromatic carbocycles. The molecule has 9 heteroatoms. The zero-order valence-corrected chi connectivity index (χ0v) is 15.4. The van der Waals surface area contributed by atoms with Crippen LogP contribution < -0.4 is 14.8 Å². The van der Waals surface area contributed by atoms with Crippen molar-refractivity contribution in [1.82, 2.24) is 4.72 Å². The molecule has 3 rings (SSSR count). The average Bonchev–Trinajstić information content (AvgIpc) is 3.15. The second-order valence-electron chi connectivity index (χ2n) is 6.00. The van der Waals surface area contributed by atoms with Crippen molar-refractivity contribution in [3.05, 3.63) is 53.8 Å². The van der Waals surface area contributed by atoms with E-state index in [9.17, 15) is 17.6 Å². The van der Waals surface area contributed by atoms with Gasteiger partial charge in [0.05, 0.1) is 24.2 Å². The van der Waals surface area contributed by atoms with E-state index in [1.54, 1.807) is 0 Å². The molecule has 0 aromatic heterocycles. The molecule has 0 saturated carbocycles. The Balaban J connectivity index is 1.86. The third kappa shape index (κ3) is 4.62. The lowest BCUT2D eigenvalue weighted by Crippen LogP contribution is -2.35.